The van der Waals surface area contributed by atoms with E-state index in [0.29, 0.717) is 17.9 Å². The summed E-state index contributed by atoms with van der Waals surface area (Å²) in [5, 5.41) is 12.1. The third kappa shape index (κ3) is 3.51. The van der Waals surface area contributed by atoms with Crippen molar-refractivity contribution in [3.8, 4) is 5.75 Å². The largest absolute Gasteiger partial charge is 0.508 e. The Bertz CT molecular complexity index is 743. The summed E-state index contributed by atoms with van der Waals surface area (Å²) in [7, 11) is 0. The van der Waals surface area contributed by atoms with Gasteiger partial charge in [-0.05, 0) is 31.2 Å². The van der Waals surface area contributed by atoms with Crippen LogP contribution in [0.1, 0.15) is 17.8 Å². The molecule has 0 aliphatic carbocycles. The van der Waals surface area contributed by atoms with E-state index in [9.17, 15) is 14.7 Å². The number of nitrogens with one attached hydrogen (secondary N) is 1. The van der Waals surface area contributed by atoms with E-state index < -0.39 is 5.92 Å². The van der Waals surface area contributed by atoms with Crippen molar-refractivity contribution >= 4 is 17.5 Å². The molecule has 0 radical (unpaired) electrons. The van der Waals surface area contributed by atoms with Crippen LogP contribution in [0.25, 0.3) is 0 Å². The van der Waals surface area contributed by atoms with Crippen molar-refractivity contribution in [3.63, 3.8) is 0 Å². The number of hydrogen-bond acceptors (Lipinski definition) is 5. The SMILES string of the molecule is Cc1cnc(CNC(=O)[C@H]2CC(=O)N(c3ccc(O)cc3)C2)cn1. The Morgan fingerprint density at radius 1 is 1.29 bits per heavy atom. The summed E-state index contributed by atoms with van der Waals surface area (Å²) < 4.78 is 0. The number of phenols is 1. The van der Waals surface area contributed by atoms with E-state index in [-0.39, 0.29) is 30.5 Å². The van der Waals surface area contributed by atoms with Gasteiger partial charge >= 0.3 is 0 Å². The Morgan fingerprint density at radius 2 is 2.04 bits per heavy atom. The van der Waals surface area contributed by atoms with Crippen molar-refractivity contribution in [2.45, 2.75) is 19.9 Å². The first-order valence-electron chi connectivity index (χ1n) is 7.67. The molecule has 0 spiro atoms. The summed E-state index contributed by atoms with van der Waals surface area (Å²) in [6.45, 7) is 2.46. The van der Waals surface area contributed by atoms with Crippen molar-refractivity contribution in [3.05, 3.63) is 48.0 Å². The molecule has 1 aliphatic rings. The third-order valence-electron chi connectivity index (χ3n) is 3.94. The number of carbonyl (C=O) groups is 2. The van der Waals surface area contributed by atoms with Crippen molar-refractivity contribution in [2.24, 2.45) is 5.92 Å². The van der Waals surface area contributed by atoms with Crippen LogP contribution >= 0.6 is 0 Å². The van der Waals surface area contributed by atoms with E-state index in [4.69, 9.17) is 0 Å². The van der Waals surface area contributed by atoms with Gasteiger partial charge in [-0.25, -0.2) is 0 Å². The van der Waals surface area contributed by atoms with Gasteiger partial charge in [-0.1, -0.05) is 0 Å². The summed E-state index contributed by atoms with van der Waals surface area (Å²) in [5.74, 6) is -0.536. The molecule has 2 aromatic rings. The van der Waals surface area contributed by atoms with Gasteiger partial charge in [0.15, 0.2) is 0 Å². The van der Waals surface area contributed by atoms with Crippen LogP contribution in [0.5, 0.6) is 5.75 Å². The summed E-state index contributed by atoms with van der Waals surface area (Å²) >= 11 is 0. The van der Waals surface area contributed by atoms with Crippen LogP contribution in [-0.4, -0.2) is 33.4 Å². The smallest absolute Gasteiger partial charge is 0.227 e. The number of carbonyl (C=O) groups excluding carboxylic acids is 2. The zero-order valence-corrected chi connectivity index (χ0v) is 13.3. The number of rotatable bonds is 4. The molecule has 2 amide bonds. The molecule has 7 nitrogen and oxygen atoms in total. The Kier molecular flexibility index (Phi) is 4.41. The van der Waals surface area contributed by atoms with Crippen molar-refractivity contribution in [2.75, 3.05) is 11.4 Å². The number of benzene rings is 1. The number of hydrogen-bond donors (Lipinski definition) is 2. The first kappa shape index (κ1) is 15.9. The number of aryl methyl sites for hydroxylation is 1. The minimum Gasteiger partial charge on any atom is -0.508 e. The van der Waals surface area contributed by atoms with E-state index >= 15 is 0 Å². The second kappa shape index (κ2) is 6.66. The highest BCUT2D eigenvalue weighted by Crippen LogP contribution is 2.26. The Hall–Kier alpha value is -2.96. The van der Waals surface area contributed by atoms with Gasteiger partial charge in [0.2, 0.25) is 11.8 Å². The number of aromatic hydroxyl groups is 1. The topological polar surface area (TPSA) is 95.4 Å². The average Bonchev–Trinajstić information content (AvgIpc) is 2.97. The second-order valence-electron chi connectivity index (χ2n) is 5.79. The quantitative estimate of drug-likeness (QED) is 0.879. The molecule has 1 aliphatic heterocycles. The highest BCUT2D eigenvalue weighted by Gasteiger charge is 2.34. The van der Waals surface area contributed by atoms with Gasteiger partial charge in [0.1, 0.15) is 5.75 Å². The number of anilines is 1. The average molecular weight is 326 g/mol. The third-order valence-corrected chi connectivity index (χ3v) is 3.94. The van der Waals surface area contributed by atoms with Gasteiger partial charge in [-0.3, -0.25) is 19.6 Å². The summed E-state index contributed by atoms with van der Waals surface area (Å²) in [4.78, 5) is 34.3. The van der Waals surface area contributed by atoms with Crippen molar-refractivity contribution < 1.29 is 14.7 Å². The molecule has 0 bridgehead atoms. The summed E-state index contributed by atoms with van der Waals surface area (Å²) in [6.07, 6.45) is 3.44. The normalized spacial score (nSPS) is 17.1. The summed E-state index contributed by atoms with van der Waals surface area (Å²) in [5.41, 5.74) is 2.17. The molecule has 1 aromatic carbocycles. The monoisotopic (exact) mass is 326 g/mol. The Labute approximate surface area is 139 Å². The fourth-order valence-electron chi connectivity index (χ4n) is 2.60. The molecule has 1 aromatic heterocycles. The maximum atomic E-state index is 12.3. The van der Waals surface area contributed by atoms with Crippen LogP contribution < -0.4 is 10.2 Å². The van der Waals surface area contributed by atoms with Crippen LogP contribution in [0, 0.1) is 12.8 Å². The maximum Gasteiger partial charge on any atom is 0.227 e. The molecule has 0 saturated carbocycles. The molecule has 2 heterocycles. The first-order valence-corrected chi connectivity index (χ1v) is 7.67. The molecule has 1 saturated heterocycles. The van der Waals surface area contributed by atoms with Gasteiger partial charge in [0, 0.05) is 24.8 Å². The molecule has 1 atom stereocenters. The summed E-state index contributed by atoms with van der Waals surface area (Å²) in [6, 6.07) is 6.36. The molecular formula is C17H18N4O3. The zero-order chi connectivity index (χ0) is 17.1. The van der Waals surface area contributed by atoms with E-state index in [0.717, 1.165) is 5.69 Å². The first-order chi connectivity index (χ1) is 11.5. The predicted molar refractivity (Wildman–Crippen MR) is 87.2 cm³/mol. The van der Waals surface area contributed by atoms with Crippen molar-refractivity contribution in [1.82, 2.24) is 15.3 Å². The maximum absolute atomic E-state index is 12.3. The highest BCUT2D eigenvalue weighted by atomic mass is 16.3. The lowest BCUT2D eigenvalue weighted by Crippen LogP contribution is -2.32. The van der Waals surface area contributed by atoms with Crippen LogP contribution in [0.4, 0.5) is 5.69 Å². The van der Waals surface area contributed by atoms with Gasteiger partial charge in [0.25, 0.3) is 0 Å². The van der Waals surface area contributed by atoms with Gasteiger partial charge < -0.3 is 15.3 Å². The predicted octanol–water partition coefficient (Wildman–Crippen LogP) is 1.16. The lowest BCUT2D eigenvalue weighted by molar-refractivity contribution is -0.126. The minimum atomic E-state index is -0.398. The van der Waals surface area contributed by atoms with E-state index in [2.05, 4.69) is 15.3 Å². The molecule has 7 heteroatoms. The van der Waals surface area contributed by atoms with E-state index in [1.165, 1.54) is 12.1 Å². The van der Waals surface area contributed by atoms with Crippen LogP contribution in [0.15, 0.2) is 36.7 Å². The lowest BCUT2D eigenvalue weighted by atomic mass is 10.1. The van der Waals surface area contributed by atoms with Crippen molar-refractivity contribution in [1.29, 1.82) is 0 Å². The lowest BCUT2D eigenvalue weighted by Gasteiger charge is -2.16. The zero-order valence-electron chi connectivity index (χ0n) is 13.3. The molecule has 3 rings (SSSR count). The molecular weight excluding hydrogens is 308 g/mol. The standard InChI is InChI=1S/C17H18N4O3/c1-11-7-19-13(8-18-11)9-20-17(24)12-6-16(23)21(10-12)14-2-4-15(22)5-3-14/h2-5,7-8,12,22H,6,9-10H2,1H3,(H,20,24)/t12-/m0/s1. The highest BCUT2D eigenvalue weighted by molar-refractivity contribution is 6.00. The van der Waals surface area contributed by atoms with E-state index in [1.807, 2.05) is 6.92 Å². The Balaban J connectivity index is 1.59. The second-order valence-corrected chi connectivity index (χ2v) is 5.79. The van der Waals surface area contributed by atoms with Crippen LogP contribution in [0.2, 0.25) is 0 Å². The van der Waals surface area contributed by atoms with Gasteiger partial charge in [-0.2, -0.15) is 0 Å². The molecule has 2 N–H and O–H groups in total. The number of nitrogens with zero attached hydrogens (tertiary/aromatic N) is 3. The van der Waals surface area contributed by atoms with Gasteiger partial charge in [-0.15, -0.1) is 0 Å². The molecule has 24 heavy (non-hydrogen) atoms. The fraction of sp³-hybridized carbons (Fsp3) is 0.294. The molecule has 1 fully saturated rings. The minimum absolute atomic E-state index is 0.101. The number of amides is 2. The fourth-order valence-corrected chi connectivity index (χ4v) is 2.60. The van der Waals surface area contributed by atoms with Crippen LogP contribution in [-0.2, 0) is 16.1 Å². The Morgan fingerprint density at radius 3 is 2.71 bits per heavy atom. The number of phenolic OH excluding ortho intramolecular Hbond substituents is 1. The van der Waals surface area contributed by atoms with Crippen LogP contribution in [0.3, 0.4) is 0 Å². The molecule has 0 unspecified atom stereocenters. The van der Waals surface area contributed by atoms with Gasteiger partial charge in [0.05, 0.1) is 30.0 Å². The van der Waals surface area contributed by atoms with E-state index in [1.54, 1.807) is 29.4 Å². The molecule has 124 valence electrons. The number of aromatic nitrogens is 2.